The van der Waals surface area contributed by atoms with Gasteiger partial charge in [0, 0.05) is 26.2 Å². The number of piperazine rings is 1. The summed E-state index contributed by atoms with van der Waals surface area (Å²) in [6.07, 6.45) is 0. The van der Waals surface area contributed by atoms with Crippen molar-refractivity contribution in [1.29, 1.82) is 0 Å². The van der Waals surface area contributed by atoms with Gasteiger partial charge in [0.15, 0.2) is 0 Å². The first kappa shape index (κ1) is 19.4. The lowest BCUT2D eigenvalue weighted by atomic mass is 10.0. The summed E-state index contributed by atoms with van der Waals surface area (Å²) in [6, 6.07) is 6.99. The van der Waals surface area contributed by atoms with Crippen LogP contribution in [-0.4, -0.2) is 58.5 Å². The van der Waals surface area contributed by atoms with E-state index in [9.17, 15) is 13.2 Å². The lowest BCUT2D eigenvalue weighted by Crippen LogP contribution is -2.50. The van der Waals surface area contributed by atoms with E-state index >= 15 is 0 Å². The van der Waals surface area contributed by atoms with Crippen molar-refractivity contribution in [2.24, 2.45) is 0 Å². The third-order valence-corrected chi connectivity index (χ3v) is 8.30. The molecule has 0 N–H and O–H groups in total. The standard InChI is InChI=1S/C18H20N4O3S3/c1-12(2)13-6-11-26-17(13)18(23)21-7-9-22(10-8-21)28(24,25)15-5-3-4-14-16(15)20-27-19-14/h3-6,11-12H,7-10H2,1-2H3. The molecule has 28 heavy (non-hydrogen) atoms. The van der Waals surface area contributed by atoms with Crippen molar-refractivity contribution < 1.29 is 13.2 Å². The summed E-state index contributed by atoms with van der Waals surface area (Å²) in [7, 11) is -3.68. The fraction of sp³-hybridized carbons (Fsp3) is 0.389. The number of benzene rings is 1. The average Bonchev–Trinajstić information content (AvgIpc) is 3.36. The second-order valence-electron chi connectivity index (χ2n) is 6.94. The van der Waals surface area contributed by atoms with E-state index in [-0.39, 0.29) is 29.8 Å². The molecule has 1 aliphatic heterocycles. The van der Waals surface area contributed by atoms with Crippen LogP contribution in [0.1, 0.15) is 35.0 Å². The quantitative estimate of drug-likeness (QED) is 0.628. The molecule has 148 valence electrons. The number of amides is 1. The Labute approximate surface area is 172 Å². The Morgan fingerprint density at radius 2 is 1.86 bits per heavy atom. The second kappa shape index (κ2) is 7.51. The Morgan fingerprint density at radius 3 is 2.57 bits per heavy atom. The molecule has 3 aromatic rings. The van der Waals surface area contributed by atoms with Gasteiger partial charge in [0.25, 0.3) is 5.91 Å². The summed E-state index contributed by atoms with van der Waals surface area (Å²) in [6.45, 7) is 5.42. The van der Waals surface area contributed by atoms with Crippen molar-refractivity contribution in [3.8, 4) is 0 Å². The Balaban J connectivity index is 1.52. The second-order valence-corrected chi connectivity index (χ2v) is 10.3. The SMILES string of the molecule is CC(C)c1ccsc1C(=O)N1CCN(S(=O)(=O)c2cccc3nsnc23)CC1. The summed E-state index contributed by atoms with van der Waals surface area (Å²) in [5.74, 6) is 0.264. The summed E-state index contributed by atoms with van der Waals surface area (Å²) in [5.41, 5.74) is 2.04. The van der Waals surface area contributed by atoms with E-state index in [4.69, 9.17) is 0 Å². The maximum atomic E-state index is 13.1. The van der Waals surface area contributed by atoms with Crippen LogP contribution in [0.4, 0.5) is 0 Å². The molecule has 0 saturated carbocycles. The molecule has 0 radical (unpaired) electrons. The van der Waals surface area contributed by atoms with E-state index in [1.165, 1.54) is 15.6 Å². The van der Waals surface area contributed by atoms with E-state index in [1.54, 1.807) is 23.1 Å². The van der Waals surface area contributed by atoms with Crippen LogP contribution in [0.3, 0.4) is 0 Å². The van der Waals surface area contributed by atoms with Gasteiger partial charge in [-0.1, -0.05) is 19.9 Å². The number of hydrogen-bond acceptors (Lipinski definition) is 7. The number of hydrogen-bond donors (Lipinski definition) is 0. The van der Waals surface area contributed by atoms with Gasteiger partial charge in [-0.2, -0.15) is 13.1 Å². The van der Waals surface area contributed by atoms with E-state index in [1.807, 2.05) is 11.4 Å². The molecule has 2 aromatic heterocycles. The number of carbonyl (C=O) groups excluding carboxylic acids is 1. The smallest absolute Gasteiger partial charge is 0.264 e. The maximum absolute atomic E-state index is 13.1. The molecule has 0 spiro atoms. The Morgan fingerprint density at radius 1 is 1.11 bits per heavy atom. The zero-order valence-corrected chi connectivity index (χ0v) is 18.0. The molecule has 0 atom stereocenters. The van der Waals surface area contributed by atoms with Crippen LogP contribution >= 0.6 is 23.1 Å². The lowest BCUT2D eigenvalue weighted by molar-refractivity contribution is 0.0701. The topological polar surface area (TPSA) is 83.5 Å². The molecule has 1 aromatic carbocycles. The number of sulfonamides is 1. The van der Waals surface area contributed by atoms with Gasteiger partial charge in [0.2, 0.25) is 10.0 Å². The van der Waals surface area contributed by atoms with Crippen molar-refractivity contribution in [2.75, 3.05) is 26.2 Å². The van der Waals surface area contributed by atoms with Crippen molar-refractivity contribution in [3.05, 3.63) is 40.1 Å². The molecule has 1 aliphatic rings. The molecule has 0 aliphatic carbocycles. The van der Waals surface area contributed by atoms with Gasteiger partial charge in [-0.15, -0.1) is 11.3 Å². The Kier molecular flexibility index (Phi) is 5.21. The van der Waals surface area contributed by atoms with Crippen molar-refractivity contribution in [3.63, 3.8) is 0 Å². The molecule has 10 heteroatoms. The first-order valence-electron chi connectivity index (χ1n) is 8.97. The van der Waals surface area contributed by atoms with Gasteiger partial charge in [-0.3, -0.25) is 4.79 Å². The average molecular weight is 437 g/mol. The molecule has 1 fully saturated rings. The first-order valence-corrected chi connectivity index (χ1v) is 12.0. The van der Waals surface area contributed by atoms with Crippen molar-refractivity contribution in [2.45, 2.75) is 24.7 Å². The van der Waals surface area contributed by atoms with Gasteiger partial charge in [0.05, 0.1) is 16.6 Å². The van der Waals surface area contributed by atoms with Gasteiger partial charge in [-0.05, 0) is 35.1 Å². The maximum Gasteiger partial charge on any atom is 0.264 e. The van der Waals surface area contributed by atoms with E-state index in [0.29, 0.717) is 24.1 Å². The zero-order chi connectivity index (χ0) is 19.9. The molecular weight excluding hydrogens is 416 g/mol. The van der Waals surface area contributed by atoms with Crippen LogP contribution in [0.15, 0.2) is 34.5 Å². The number of aromatic nitrogens is 2. The Hall–Kier alpha value is -1.88. The van der Waals surface area contributed by atoms with E-state index in [0.717, 1.165) is 22.2 Å². The molecule has 4 rings (SSSR count). The highest BCUT2D eigenvalue weighted by molar-refractivity contribution is 7.89. The van der Waals surface area contributed by atoms with Crippen LogP contribution in [0, 0.1) is 0 Å². The zero-order valence-electron chi connectivity index (χ0n) is 15.5. The molecule has 1 amide bonds. The van der Waals surface area contributed by atoms with Gasteiger partial charge >= 0.3 is 0 Å². The first-order chi connectivity index (χ1) is 13.4. The predicted molar refractivity (Wildman–Crippen MR) is 110 cm³/mol. The van der Waals surface area contributed by atoms with Crippen LogP contribution in [-0.2, 0) is 10.0 Å². The van der Waals surface area contributed by atoms with Crippen LogP contribution in [0.2, 0.25) is 0 Å². The Bertz CT molecular complexity index is 1110. The minimum Gasteiger partial charge on any atom is -0.335 e. The van der Waals surface area contributed by atoms with Crippen molar-refractivity contribution in [1.82, 2.24) is 18.0 Å². The van der Waals surface area contributed by atoms with Gasteiger partial charge < -0.3 is 4.90 Å². The third kappa shape index (κ3) is 3.34. The fourth-order valence-electron chi connectivity index (χ4n) is 3.35. The molecule has 0 unspecified atom stereocenters. The molecule has 1 saturated heterocycles. The highest BCUT2D eigenvalue weighted by Crippen LogP contribution is 2.28. The third-order valence-electron chi connectivity index (χ3n) is 4.90. The summed E-state index contributed by atoms with van der Waals surface area (Å²) in [5, 5.41) is 1.94. The molecular formula is C18H20N4O3S3. The van der Waals surface area contributed by atoms with Gasteiger partial charge in [0.1, 0.15) is 15.9 Å². The highest BCUT2D eigenvalue weighted by Gasteiger charge is 2.33. The summed E-state index contributed by atoms with van der Waals surface area (Å²) >= 11 is 2.45. The predicted octanol–water partition coefficient (Wildman–Crippen LogP) is 3.02. The van der Waals surface area contributed by atoms with Crippen LogP contribution in [0.25, 0.3) is 11.0 Å². The van der Waals surface area contributed by atoms with Crippen LogP contribution in [0.5, 0.6) is 0 Å². The molecule has 0 bridgehead atoms. The minimum atomic E-state index is -3.68. The minimum absolute atomic E-state index is 0.0125. The normalized spacial score (nSPS) is 16.2. The van der Waals surface area contributed by atoms with Crippen molar-refractivity contribution >= 4 is 50.0 Å². The largest absolute Gasteiger partial charge is 0.335 e. The van der Waals surface area contributed by atoms with Gasteiger partial charge in [-0.25, -0.2) is 8.42 Å². The molecule has 7 nitrogen and oxygen atoms in total. The molecule has 3 heterocycles. The number of rotatable bonds is 4. The highest BCUT2D eigenvalue weighted by atomic mass is 32.2. The summed E-state index contributed by atoms with van der Waals surface area (Å²) in [4.78, 5) is 15.6. The van der Waals surface area contributed by atoms with E-state index < -0.39 is 10.0 Å². The summed E-state index contributed by atoms with van der Waals surface area (Å²) < 4.78 is 35.9. The lowest BCUT2D eigenvalue weighted by Gasteiger charge is -2.34. The number of carbonyl (C=O) groups is 1. The van der Waals surface area contributed by atoms with E-state index in [2.05, 4.69) is 22.6 Å². The number of fused-ring (bicyclic) bond motifs is 1. The number of thiophene rings is 1. The number of nitrogens with zero attached hydrogens (tertiary/aromatic N) is 4. The fourth-order valence-corrected chi connectivity index (χ4v) is 6.55. The monoisotopic (exact) mass is 436 g/mol. The van der Waals surface area contributed by atoms with Crippen LogP contribution < -0.4 is 0 Å².